The summed E-state index contributed by atoms with van der Waals surface area (Å²) in [6, 6.07) is 15.1. The number of hydrogen-bond acceptors (Lipinski definition) is 11. The van der Waals surface area contributed by atoms with Crippen molar-refractivity contribution in [2.24, 2.45) is 0 Å². The molecule has 5 atom stereocenters. The minimum atomic E-state index is -2.43. The maximum absolute atomic E-state index is 13.4. The van der Waals surface area contributed by atoms with Crippen molar-refractivity contribution in [3.05, 3.63) is 82.0 Å². The van der Waals surface area contributed by atoms with Crippen molar-refractivity contribution in [2.45, 2.75) is 71.2 Å². The molecule has 242 valence electrons. The lowest BCUT2D eigenvalue weighted by atomic mass is 9.86. The Bertz CT molecular complexity index is 1540. The maximum Gasteiger partial charge on any atom is 0.303 e. The number of ether oxygens (including phenoxy) is 5. The summed E-state index contributed by atoms with van der Waals surface area (Å²) in [4.78, 5) is 50.1. The van der Waals surface area contributed by atoms with Crippen LogP contribution in [0, 0.1) is 12.7 Å². The highest BCUT2D eigenvalue weighted by molar-refractivity contribution is 7.59. The third kappa shape index (κ3) is 8.69. The van der Waals surface area contributed by atoms with E-state index in [1.165, 1.54) is 30.4 Å². The number of esters is 4. The topological polar surface area (TPSA) is 135 Å². The van der Waals surface area contributed by atoms with Crippen molar-refractivity contribution >= 4 is 48.7 Å². The molecular weight excluding hydrogens is 627 g/mol. The molecule has 0 saturated carbocycles. The lowest BCUT2D eigenvalue weighted by Crippen LogP contribution is -2.66. The number of aliphatic hydroxyl groups is 1. The van der Waals surface area contributed by atoms with Crippen molar-refractivity contribution in [1.82, 2.24) is 0 Å². The van der Waals surface area contributed by atoms with Crippen molar-refractivity contribution in [2.75, 3.05) is 6.61 Å². The number of aryl methyl sites for hydroxylation is 1. The van der Waals surface area contributed by atoms with E-state index in [2.05, 4.69) is 0 Å². The van der Waals surface area contributed by atoms with Crippen molar-refractivity contribution in [1.29, 1.82) is 0 Å². The van der Waals surface area contributed by atoms with E-state index in [4.69, 9.17) is 23.7 Å². The average Bonchev–Trinajstić information content (AvgIpc) is 3.40. The minimum Gasteiger partial charge on any atom is -0.463 e. The van der Waals surface area contributed by atoms with Gasteiger partial charge in [0.05, 0.1) is 0 Å². The van der Waals surface area contributed by atoms with Crippen LogP contribution in [0.3, 0.4) is 0 Å². The molecule has 0 bridgehead atoms. The van der Waals surface area contributed by atoms with Crippen LogP contribution in [0.2, 0.25) is 0 Å². The summed E-state index contributed by atoms with van der Waals surface area (Å²) < 4.78 is 41.0. The molecule has 2 aromatic carbocycles. The standard InChI is InChI=1S/C32H33FO10S.H2S/c1-17-6-9-24(14-23(17)15-26-12-13-28(44-26)22-7-10-25(33)11-8-22)32(38)31(42-21(5)37)30(41-20(4)36)29(40-19(3)35)27(43-32)16-39-18(2)34;/h6-14,27,29-31,38H,15-16H2,1-5H3;1H2/t27-,29-,30+,31-,32?;/m1./s1. The van der Waals surface area contributed by atoms with Crippen LogP contribution in [0.25, 0.3) is 10.4 Å². The molecule has 2 heterocycles. The Kier molecular flexibility index (Phi) is 11.9. The average molecular weight is 663 g/mol. The van der Waals surface area contributed by atoms with Gasteiger partial charge < -0.3 is 28.8 Å². The molecule has 1 aliphatic rings. The second-order valence-corrected chi connectivity index (χ2v) is 11.6. The van der Waals surface area contributed by atoms with Crippen LogP contribution >= 0.6 is 24.8 Å². The first kappa shape index (κ1) is 35.7. The molecule has 0 amide bonds. The van der Waals surface area contributed by atoms with Gasteiger partial charge in [0.15, 0.2) is 12.2 Å². The Hall–Kier alpha value is -3.78. The molecule has 3 aromatic rings. The fourth-order valence-electron chi connectivity index (χ4n) is 5.03. The molecular formula is C32H35FO10S2. The van der Waals surface area contributed by atoms with Crippen LogP contribution in [-0.4, -0.2) is 60.0 Å². The largest absolute Gasteiger partial charge is 0.463 e. The van der Waals surface area contributed by atoms with Gasteiger partial charge >= 0.3 is 23.9 Å². The summed E-state index contributed by atoms with van der Waals surface area (Å²) in [7, 11) is 0. The summed E-state index contributed by atoms with van der Waals surface area (Å²) in [5, 5.41) is 12.2. The fourth-order valence-corrected chi connectivity index (χ4v) is 6.06. The molecule has 45 heavy (non-hydrogen) atoms. The van der Waals surface area contributed by atoms with E-state index < -0.39 is 60.7 Å². The van der Waals surface area contributed by atoms with Gasteiger partial charge in [-0.3, -0.25) is 19.2 Å². The van der Waals surface area contributed by atoms with Crippen LogP contribution in [0.4, 0.5) is 4.39 Å². The first-order valence-corrected chi connectivity index (χ1v) is 14.6. The predicted molar refractivity (Wildman–Crippen MR) is 166 cm³/mol. The number of hydrogen-bond donors (Lipinski definition) is 1. The second-order valence-electron chi connectivity index (χ2n) is 10.4. The van der Waals surface area contributed by atoms with E-state index in [0.717, 1.165) is 47.2 Å². The number of halogens is 1. The third-order valence-corrected chi connectivity index (χ3v) is 8.11. The zero-order valence-electron chi connectivity index (χ0n) is 25.3. The molecule has 4 rings (SSSR count). The molecule has 0 radical (unpaired) electrons. The number of rotatable bonds is 9. The Morgan fingerprint density at radius 3 is 2.09 bits per heavy atom. The van der Waals surface area contributed by atoms with Crippen molar-refractivity contribution in [3.8, 4) is 10.4 Å². The molecule has 1 aliphatic heterocycles. The molecule has 1 saturated heterocycles. The molecule has 1 N–H and O–H groups in total. The lowest BCUT2D eigenvalue weighted by molar-refractivity contribution is -0.360. The van der Waals surface area contributed by atoms with E-state index in [0.29, 0.717) is 6.42 Å². The molecule has 1 unspecified atom stereocenters. The van der Waals surface area contributed by atoms with Crippen LogP contribution in [0.1, 0.15) is 49.3 Å². The number of thiophene rings is 1. The Morgan fingerprint density at radius 1 is 0.867 bits per heavy atom. The van der Waals surface area contributed by atoms with Gasteiger partial charge in [0.1, 0.15) is 18.5 Å². The maximum atomic E-state index is 13.4. The van der Waals surface area contributed by atoms with E-state index in [1.807, 2.05) is 19.1 Å². The Morgan fingerprint density at radius 2 is 1.49 bits per heavy atom. The Labute approximate surface area is 270 Å². The minimum absolute atomic E-state index is 0. The number of benzene rings is 2. The van der Waals surface area contributed by atoms with E-state index in [1.54, 1.807) is 30.3 Å². The first-order chi connectivity index (χ1) is 20.8. The van der Waals surface area contributed by atoms with Crippen LogP contribution in [0.15, 0.2) is 54.6 Å². The summed E-state index contributed by atoms with van der Waals surface area (Å²) in [5.41, 5.74) is 2.72. The fraction of sp³-hybridized carbons (Fsp3) is 0.375. The zero-order chi connectivity index (χ0) is 32.2. The normalized spacial score (nSPS) is 22.5. The molecule has 0 aliphatic carbocycles. The van der Waals surface area contributed by atoms with E-state index in [-0.39, 0.29) is 24.9 Å². The van der Waals surface area contributed by atoms with E-state index >= 15 is 0 Å². The highest BCUT2D eigenvalue weighted by atomic mass is 32.1. The SMILES string of the molecule is CC(=O)OC[C@H]1OC(O)(c2ccc(C)c(Cc3ccc(-c4ccc(F)cc4)s3)c2)[C@H](OC(C)=O)[C@@H](OC(C)=O)[C@@H]1OC(C)=O.S. The van der Waals surface area contributed by atoms with Gasteiger partial charge in [0.2, 0.25) is 11.9 Å². The second kappa shape index (κ2) is 15.0. The number of carbonyl (C=O) groups is 4. The van der Waals surface area contributed by atoms with Crippen molar-refractivity contribution < 1.29 is 52.4 Å². The van der Waals surface area contributed by atoms with Gasteiger partial charge in [-0.25, -0.2) is 4.39 Å². The highest BCUT2D eigenvalue weighted by Crippen LogP contribution is 2.42. The molecule has 13 heteroatoms. The third-order valence-electron chi connectivity index (χ3n) is 6.97. The van der Waals surface area contributed by atoms with Gasteiger partial charge in [-0.2, -0.15) is 13.5 Å². The zero-order valence-corrected chi connectivity index (χ0v) is 27.1. The summed E-state index contributed by atoms with van der Waals surface area (Å²) >= 11 is 1.53. The van der Waals surface area contributed by atoms with Crippen LogP contribution in [-0.2, 0) is 55.1 Å². The summed E-state index contributed by atoms with van der Waals surface area (Å²) in [6.45, 7) is 5.92. The van der Waals surface area contributed by atoms with Gasteiger partial charge in [-0.1, -0.05) is 24.3 Å². The molecule has 1 aromatic heterocycles. The van der Waals surface area contributed by atoms with E-state index in [9.17, 15) is 28.7 Å². The smallest absolute Gasteiger partial charge is 0.303 e. The lowest BCUT2D eigenvalue weighted by Gasteiger charge is -2.48. The first-order valence-electron chi connectivity index (χ1n) is 13.8. The summed E-state index contributed by atoms with van der Waals surface area (Å²) in [5.74, 6) is -5.82. The monoisotopic (exact) mass is 662 g/mol. The van der Waals surface area contributed by atoms with Gasteiger partial charge in [0.25, 0.3) is 0 Å². The van der Waals surface area contributed by atoms with Crippen LogP contribution in [0.5, 0.6) is 0 Å². The summed E-state index contributed by atoms with van der Waals surface area (Å²) in [6.07, 6.45) is -5.46. The quantitative estimate of drug-likeness (QED) is 0.258. The van der Waals surface area contributed by atoms with Gasteiger partial charge in [-0.05, 0) is 53.9 Å². The van der Waals surface area contributed by atoms with Crippen LogP contribution < -0.4 is 0 Å². The predicted octanol–water partition coefficient (Wildman–Crippen LogP) is 4.47. The molecule has 0 spiro atoms. The highest BCUT2D eigenvalue weighted by Gasteiger charge is 2.60. The van der Waals surface area contributed by atoms with Gasteiger partial charge in [0, 0.05) is 49.4 Å². The number of carbonyl (C=O) groups excluding carboxylic acids is 4. The van der Waals surface area contributed by atoms with Crippen molar-refractivity contribution in [3.63, 3.8) is 0 Å². The molecule has 1 fully saturated rings. The Balaban J connectivity index is 0.00000552. The van der Waals surface area contributed by atoms with Gasteiger partial charge in [-0.15, -0.1) is 11.3 Å². The molecule has 10 nitrogen and oxygen atoms in total.